The van der Waals surface area contributed by atoms with Crippen LogP contribution in [0.15, 0.2) is 30.3 Å². The fourth-order valence-electron chi connectivity index (χ4n) is 3.14. The Morgan fingerprint density at radius 3 is 2.48 bits per heavy atom. The van der Waals surface area contributed by atoms with E-state index in [9.17, 15) is 15.2 Å². The number of hydrogen-bond donors (Lipinski definition) is 1. The Hall–Kier alpha value is -1.96. The number of thiophene rings is 1. The number of benzene rings is 1. The van der Waals surface area contributed by atoms with E-state index < -0.39 is 0 Å². The van der Waals surface area contributed by atoms with Crippen molar-refractivity contribution < 1.29 is 10.0 Å². The Morgan fingerprint density at radius 2 is 1.88 bits per heavy atom. The molecular weight excluding hydrogens is 338 g/mol. The SMILES string of the molecule is CCc1ccc(CN2CCN(c3cc(CO)ccc3[N+](=O)[O-])CC2)s1. The van der Waals surface area contributed by atoms with E-state index in [4.69, 9.17) is 0 Å². The molecule has 25 heavy (non-hydrogen) atoms. The average molecular weight is 361 g/mol. The maximum atomic E-state index is 11.3. The van der Waals surface area contributed by atoms with E-state index >= 15 is 0 Å². The van der Waals surface area contributed by atoms with Crippen molar-refractivity contribution in [3.63, 3.8) is 0 Å². The molecule has 0 atom stereocenters. The van der Waals surface area contributed by atoms with Gasteiger partial charge in [-0.05, 0) is 36.2 Å². The second-order valence-corrected chi connectivity index (χ2v) is 7.48. The van der Waals surface area contributed by atoms with Crippen molar-refractivity contribution in [3.8, 4) is 0 Å². The minimum absolute atomic E-state index is 0.108. The third-order valence-corrected chi connectivity index (χ3v) is 5.79. The molecule has 0 radical (unpaired) electrons. The lowest BCUT2D eigenvalue weighted by Gasteiger charge is -2.35. The van der Waals surface area contributed by atoms with Crippen LogP contribution in [-0.4, -0.2) is 41.1 Å². The fraction of sp³-hybridized carbons (Fsp3) is 0.444. The van der Waals surface area contributed by atoms with E-state index in [1.807, 2.05) is 11.3 Å². The number of anilines is 1. The van der Waals surface area contributed by atoms with Gasteiger partial charge >= 0.3 is 0 Å². The van der Waals surface area contributed by atoms with Gasteiger partial charge < -0.3 is 10.0 Å². The van der Waals surface area contributed by atoms with E-state index in [1.165, 1.54) is 15.8 Å². The Labute approximate surface area is 151 Å². The third kappa shape index (κ3) is 4.18. The minimum Gasteiger partial charge on any atom is -0.392 e. The molecule has 3 rings (SSSR count). The number of nitrogens with zero attached hydrogens (tertiary/aromatic N) is 3. The molecule has 6 nitrogen and oxygen atoms in total. The van der Waals surface area contributed by atoms with Crippen LogP contribution in [0.25, 0.3) is 0 Å². The predicted octanol–water partition coefficient (Wildman–Crippen LogP) is 3.03. The van der Waals surface area contributed by atoms with Gasteiger partial charge in [-0.2, -0.15) is 0 Å². The van der Waals surface area contributed by atoms with Crippen molar-refractivity contribution in [2.24, 2.45) is 0 Å². The van der Waals surface area contributed by atoms with Crippen molar-refractivity contribution in [2.45, 2.75) is 26.5 Å². The summed E-state index contributed by atoms with van der Waals surface area (Å²) in [5.41, 5.74) is 1.42. The van der Waals surface area contributed by atoms with Gasteiger partial charge in [0, 0.05) is 48.5 Å². The van der Waals surface area contributed by atoms with Crippen LogP contribution in [0.2, 0.25) is 0 Å². The zero-order valence-corrected chi connectivity index (χ0v) is 15.2. The molecule has 7 heteroatoms. The summed E-state index contributed by atoms with van der Waals surface area (Å²) in [7, 11) is 0. The van der Waals surface area contributed by atoms with E-state index in [1.54, 1.807) is 12.1 Å². The number of hydrogen-bond acceptors (Lipinski definition) is 6. The minimum atomic E-state index is -0.346. The molecule has 2 heterocycles. The highest BCUT2D eigenvalue weighted by Crippen LogP contribution is 2.30. The van der Waals surface area contributed by atoms with Crippen LogP contribution >= 0.6 is 11.3 Å². The van der Waals surface area contributed by atoms with Crippen LogP contribution in [-0.2, 0) is 19.6 Å². The normalized spacial score (nSPS) is 15.5. The molecule has 2 aromatic rings. The molecule has 0 saturated carbocycles. The first kappa shape index (κ1) is 17.8. The van der Waals surface area contributed by atoms with E-state index in [-0.39, 0.29) is 17.2 Å². The van der Waals surface area contributed by atoms with Crippen LogP contribution in [0.5, 0.6) is 0 Å². The molecule has 1 N–H and O–H groups in total. The quantitative estimate of drug-likeness (QED) is 0.633. The van der Waals surface area contributed by atoms with Gasteiger partial charge in [0.25, 0.3) is 5.69 Å². The van der Waals surface area contributed by atoms with E-state index in [0.717, 1.165) is 39.1 Å². The number of rotatable bonds is 6. The first-order chi connectivity index (χ1) is 12.1. The third-order valence-electron chi connectivity index (χ3n) is 4.58. The van der Waals surface area contributed by atoms with Crippen molar-refractivity contribution >= 4 is 22.7 Å². The zero-order chi connectivity index (χ0) is 17.8. The Balaban J connectivity index is 1.66. The van der Waals surface area contributed by atoms with Crippen molar-refractivity contribution in [2.75, 3.05) is 31.1 Å². The number of piperazine rings is 1. The Kier molecular flexibility index (Phi) is 5.67. The van der Waals surface area contributed by atoms with Crippen molar-refractivity contribution in [1.29, 1.82) is 0 Å². The van der Waals surface area contributed by atoms with Crippen LogP contribution in [0.3, 0.4) is 0 Å². The predicted molar refractivity (Wildman–Crippen MR) is 100 cm³/mol. The smallest absolute Gasteiger partial charge is 0.292 e. The number of aliphatic hydroxyl groups is 1. The topological polar surface area (TPSA) is 69.8 Å². The summed E-state index contributed by atoms with van der Waals surface area (Å²) in [6, 6.07) is 9.23. The highest BCUT2D eigenvalue weighted by Gasteiger charge is 2.24. The number of nitro benzene ring substituents is 1. The summed E-state index contributed by atoms with van der Waals surface area (Å²) in [5.74, 6) is 0. The number of aryl methyl sites for hydroxylation is 1. The van der Waals surface area contributed by atoms with Crippen LogP contribution < -0.4 is 4.90 Å². The number of aliphatic hydroxyl groups excluding tert-OH is 1. The second-order valence-electron chi connectivity index (χ2n) is 6.22. The molecule has 0 spiro atoms. The zero-order valence-electron chi connectivity index (χ0n) is 14.4. The molecule has 1 aliphatic rings. The summed E-state index contributed by atoms with van der Waals surface area (Å²) in [6.07, 6.45) is 1.07. The number of nitro groups is 1. The lowest BCUT2D eigenvalue weighted by Crippen LogP contribution is -2.46. The van der Waals surface area contributed by atoms with Gasteiger partial charge in [-0.25, -0.2) is 0 Å². The summed E-state index contributed by atoms with van der Waals surface area (Å²) in [4.78, 5) is 18.2. The monoisotopic (exact) mass is 361 g/mol. The largest absolute Gasteiger partial charge is 0.392 e. The molecule has 0 aliphatic carbocycles. The molecule has 1 saturated heterocycles. The summed E-state index contributed by atoms with van der Waals surface area (Å²) >= 11 is 1.86. The molecule has 0 unspecified atom stereocenters. The standard InChI is InChI=1S/C18H23N3O3S/c1-2-15-4-5-16(25-15)12-19-7-9-20(10-8-19)18-11-14(13-22)3-6-17(18)21(23)24/h3-6,11,22H,2,7-10,12-13H2,1H3. The van der Waals surface area contributed by atoms with E-state index in [2.05, 4.69) is 28.9 Å². The van der Waals surface area contributed by atoms with Crippen LogP contribution in [0.1, 0.15) is 22.2 Å². The average Bonchev–Trinajstić information content (AvgIpc) is 3.09. The first-order valence-electron chi connectivity index (χ1n) is 8.53. The fourth-order valence-corrected chi connectivity index (χ4v) is 4.14. The molecule has 1 aromatic heterocycles. The first-order valence-corrected chi connectivity index (χ1v) is 9.35. The van der Waals surface area contributed by atoms with Gasteiger partial charge in [-0.1, -0.05) is 6.92 Å². The van der Waals surface area contributed by atoms with Crippen molar-refractivity contribution in [1.82, 2.24) is 4.90 Å². The van der Waals surface area contributed by atoms with Crippen LogP contribution in [0.4, 0.5) is 11.4 Å². The highest BCUT2D eigenvalue weighted by atomic mass is 32.1. The maximum absolute atomic E-state index is 11.3. The lowest BCUT2D eigenvalue weighted by molar-refractivity contribution is -0.384. The second kappa shape index (κ2) is 7.95. The Morgan fingerprint density at radius 1 is 1.16 bits per heavy atom. The van der Waals surface area contributed by atoms with Crippen LogP contribution in [0, 0.1) is 10.1 Å². The maximum Gasteiger partial charge on any atom is 0.292 e. The molecule has 1 aliphatic heterocycles. The Bertz CT molecular complexity index is 739. The van der Waals surface area contributed by atoms with Gasteiger partial charge in [-0.3, -0.25) is 15.0 Å². The van der Waals surface area contributed by atoms with Crippen molar-refractivity contribution in [3.05, 3.63) is 55.8 Å². The van der Waals surface area contributed by atoms with Gasteiger partial charge in [0.15, 0.2) is 0 Å². The van der Waals surface area contributed by atoms with Gasteiger partial charge in [0.2, 0.25) is 0 Å². The van der Waals surface area contributed by atoms with E-state index in [0.29, 0.717) is 11.3 Å². The van der Waals surface area contributed by atoms with Gasteiger partial charge in [-0.15, -0.1) is 11.3 Å². The summed E-state index contributed by atoms with van der Waals surface area (Å²) < 4.78 is 0. The van der Waals surface area contributed by atoms with Gasteiger partial charge in [0.05, 0.1) is 11.5 Å². The summed E-state index contributed by atoms with van der Waals surface area (Å²) in [5, 5.41) is 20.6. The molecule has 0 amide bonds. The molecule has 134 valence electrons. The highest BCUT2D eigenvalue weighted by molar-refractivity contribution is 7.11. The molecule has 0 bridgehead atoms. The summed E-state index contributed by atoms with van der Waals surface area (Å²) in [6.45, 7) is 6.26. The molecular formula is C18H23N3O3S. The lowest BCUT2D eigenvalue weighted by atomic mass is 10.1. The molecule has 1 fully saturated rings. The molecule has 1 aromatic carbocycles. The van der Waals surface area contributed by atoms with Gasteiger partial charge in [0.1, 0.15) is 5.69 Å².